The average molecular weight is 456 g/mol. The van der Waals surface area contributed by atoms with Gasteiger partial charge in [0.15, 0.2) is 11.5 Å². The molecule has 2 N–H and O–H groups in total. The molecule has 3 aromatic heterocycles. The van der Waals surface area contributed by atoms with Crippen molar-refractivity contribution in [2.24, 2.45) is 0 Å². The molecule has 34 heavy (non-hydrogen) atoms. The molecule has 9 heteroatoms. The molecule has 172 valence electrons. The summed E-state index contributed by atoms with van der Waals surface area (Å²) in [4.78, 5) is 28.9. The van der Waals surface area contributed by atoms with Crippen molar-refractivity contribution in [2.75, 3.05) is 25.4 Å². The van der Waals surface area contributed by atoms with E-state index in [9.17, 15) is 4.79 Å². The number of rotatable bonds is 5. The quantitative estimate of drug-likeness (QED) is 0.462. The number of nitrogens with zero attached hydrogens (tertiary/aromatic N) is 6. The topological polar surface area (TPSA) is 104 Å². The van der Waals surface area contributed by atoms with Gasteiger partial charge in [0, 0.05) is 24.8 Å². The van der Waals surface area contributed by atoms with Crippen molar-refractivity contribution in [3.8, 4) is 29.2 Å². The van der Waals surface area contributed by atoms with Gasteiger partial charge < -0.3 is 10.5 Å². The summed E-state index contributed by atoms with van der Waals surface area (Å²) in [5, 5.41) is 0. The van der Waals surface area contributed by atoms with Crippen LogP contribution >= 0.6 is 0 Å². The molecule has 0 spiro atoms. The van der Waals surface area contributed by atoms with Crippen LogP contribution in [0.15, 0.2) is 53.6 Å². The molecule has 1 aliphatic rings. The van der Waals surface area contributed by atoms with Crippen LogP contribution in [0.1, 0.15) is 25.1 Å². The molecule has 9 nitrogen and oxygen atoms in total. The monoisotopic (exact) mass is 455 g/mol. The Morgan fingerprint density at radius 2 is 2.00 bits per heavy atom. The van der Waals surface area contributed by atoms with Gasteiger partial charge in [-0.15, -0.1) is 5.92 Å². The highest BCUT2D eigenvalue weighted by atomic mass is 16.5. The number of pyridine rings is 1. The largest absolute Gasteiger partial charge is 0.439 e. The number of aryl methyl sites for hydroxylation is 1. The maximum Gasteiger partial charge on any atom is 0.335 e. The maximum absolute atomic E-state index is 13.7. The highest BCUT2D eigenvalue weighted by Crippen LogP contribution is 2.28. The molecule has 1 atom stereocenters. The first-order valence-electron chi connectivity index (χ1n) is 11.1. The van der Waals surface area contributed by atoms with Crippen molar-refractivity contribution < 1.29 is 4.74 Å². The lowest BCUT2D eigenvalue weighted by molar-refractivity contribution is 0.362. The number of ether oxygens (including phenoxy) is 1. The predicted octanol–water partition coefficient (Wildman–Crippen LogP) is 2.93. The first kappa shape index (κ1) is 21.7. The lowest BCUT2D eigenvalue weighted by Gasteiger charge is -2.13. The number of hydrogen-bond donors (Lipinski definition) is 1. The van der Waals surface area contributed by atoms with Crippen LogP contribution in [0, 0.1) is 18.8 Å². The van der Waals surface area contributed by atoms with Crippen molar-refractivity contribution in [2.45, 2.75) is 26.3 Å². The molecular formula is C25H25N7O2. The van der Waals surface area contributed by atoms with E-state index in [1.807, 2.05) is 38.1 Å². The SMILES string of the molecule is CC#CCN1CC[C@@H](n2c(=O)n(-c3ccc(Oc4cccc(C)n4)cc3)c3c(N)ncnc32)C1. The Labute approximate surface area is 196 Å². The molecule has 5 rings (SSSR count). The number of hydrogen-bond acceptors (Lipinski definition) is 7. The van der Waals surface area contributed by atoms with Crippen LogP contribution in [0.25, 0.3) is 16.9 Å². The molecule has 0 bridgehead atoms. The van der Waals surface area contributed by atoms with E-state index in [0.717, 1.165) is 25.2 Å². The van der Waals surface area contributed by atoms with E-state index < -0.39 is 0 Å². The Morgan fingerprint density at radius 1 is 1.18 bits per heavy atom. The minimum Gasteiger partial charge on any atom is -0.439 e. The fraction of sp³-hybridized carbons (Fsp3) is 0.280. The Morgan fingerprint density at radius 3 is 2.76 bits per heavy atom. The molecule has 4 heterocycles. The summed E-state index contributed by atoms with van der Waals surface area (Å²) in [5.74, 6) is 7.42. The van der Waals surface area contributed by atoms with Crippen LogP contribution in [0.5, 0.6) is 11.6 Å². The smallest absolute Gasteiger partial charge is 0.335 e. The summed E-state index contributed by atoms with van der Waals surface area (Å²) < 4.78 is 9.17. The van der Waals surface area contributed by atoms with E-state index in [4.69, 9.17) is 10.5 Å². The van der Waals surface area contributed by atoms with Gasteiger partial charge in [-0.05, 0) is 50.6 Å². The van der Waals surface area contributed by atoms with Crippen molar-refractivity contribution in [3.05, 3.63) is 65.0 Å². The standard InChI is InChI=1S/C25H25N7O2/c1-3-4-13-30-14-12-19(15-30)32-24-22(23(26)27-16-28-24)31(25(32)33)18-8-10-20(11-9-18)34-21-7-5-6-17(2)29-21/h5-11,16,19H,12-15H2,1-2H3,(H2,26,27,28)/t19-/m1/s1. The Balaban J connectivity index is 1.52. The van der Waals surface area contributed by atoms with Crippen LogP contribution < -0.4 is 16.2 Å². The molecule has 0 saturated carbocycles. The zero-order chi connectivity index (χ0) is 23.7. The summed E-state index contributed by atoms with van der Waals surface area (Å²) >= 11 is 0. The molecular weight excluding hydrogens is 430 g/mol. The molecule has 1 fully saturated rings. The first-order valence-corrected chi connectivity index (χ1v) is 11.1. The van der Waals surface area contributed by atoms with Crippen molar-refractivity contribution in [1.82, 2.24) is 29.0 Å². The van der Waals surface area contributed by atoms with Gasteiger partial charge in [0.2, 0.25) is 5.88 Å². The normalized spacial score (nSPS) is 15.9. The molecule has 0 amide bonds. The second kappa shape index (κ2) is 9.00. The Hall–Kier alpha value is -4.16. The molecule has 0 aliphatic carbocycles. The third-order valence-electron chi connectivity index (χ3n) is 5.95. The predicted molar refractivity (Wildman–Crippen MR) is 130 cm³/mol. The molecule has 1 aliphatic heterocycles. The van der Waals surface area contributed by atoms with Crippen molar-refractivity contribution in [1.29, 1.82) is 0 Å². The third-order valence-corrected chi connectivity index (χ3v) is 5.95. The van der Waals surface area contributed by atoms with Gasteiger partial charge in [-0.25, -0.2) is 19.7 Å². The molecule has 1 saturated heterocycles. The summed E-state index contributed by atoms with van der Waals surface area (Å²) in [6.45, 7) is 6.03. The Kier molecular flexibility index (Phi) is 5.74. The number of fused-ring (bicyclic) bond motifs is 1. The highest BCUT2D eigenvalue weighted by molar-refractivity contribution is 5.84. The lowest BCUT2D eigenvalue weighted by atomic mass is 10.2. The van der Waals surface area contributed by atoms with Crippen LogP contribution in [0.4, 0.5) is 5.82 Å². The average Bonchev–Trinajstić information content (AvgIpc) is 3.40. The molecule has 0 unspecified atom stereocenters. The van der Waals surface area contributed by atoms with E-state index in [2.05, 4.69) is 31.7 Å². The van der Waals surface area contributed by atoms with E-state index in [0.29, 0.717) is 35.0 Å². The maximum atomic E-state index is 13.7. The van der Waals surface area contributed by atoms with Crippen molar-refractivity contribution >= 4 is 17.0 Å². The number of imidazole rings is 1. The minimum atomic E-state index is -0.190. The minimum absolute atomic E-state index is 0.0146. The van der Waals surface area contributed by atoms with Crippen LogP contribution in [-0.4, -0.2) is 48.6 Å². The molecule has 4 aromatic rings. The van der Waals surface area contributed by atoms with Crippen molar-refractivity contribution in [3.63, 3.8) is 0 Å². The van der Waals surface area contributed by atoms with Gasteiger partial charge in [0.25, 0.3) is 0 Å². The molecule has 1 aromatic carbocycles. The number of nitrogens with two attached hydrogens (primary N) is 1. The highest BCUT2D eigenvalue weighted by Gasteiger charge is 2.29. The number of nitrogen functional groups attached to an aromatic ring is 1. The zero-order valence-electron chi connectivity index (χ0n) is 19.1. The summed E-state index contributed by atoms with van der Waals surface area (Å²) in [6, 6.07) is 12.8. The fourth-order valence-electron chi connectivity index (χ4n) is 4.35. The fourth-order valence-corrected chi connectivity index (χ4v) is 4.35. The number of likely N-dealkylation sites (tertiary alicyclic amines) is 1. The van der Waals surface area contributed by atoms with Gasteiger partial charge in [0.05, 0.1) is 18.3 Å². The van der Waals surface area contributed by atoms with Gasteiger partial charge in [-0.1, -0.05) is 12.0 Å². The Bertz CT molecular complexity index is 1460. The molecule has 0 radical (unpaired) electrons. The summed E-state index contributed by atoms with van der Waals surface area (Å²) in [7, 11) is 0. The summed E-state index contributed by atoms with van der Waals surface area (Å²) in [6.07, 6.45) is 2.24. The third kappa shape index (κ3) is 4.00. The van der Waals surface area contributed by atoms with E-state index >= 15 is 0 Å². The van der Waals surface area contributed by atoms with Crippen LogP contribution in [0.2, 0.25) is 0 Å². The van der Waals surface area contributed by atoms with E-state index in [1.54, 1.807) is 27.3 Å². The van der Waals surface area contributed by atoms with E-state index in [-0.39, 0.29) is 17.5 Å². The first-order chi connectivity index (χ1) is 16.5. The van der Waals surface area contributed by atoms with E-state index in [1.165, 1.54) is 6.33 Å². The number of anilines is 1. The van der Waals surface area contributed by atoms with Crippen LogP contribution in [-0.2, 0) is 0 Å². The zero-order valence-corrected chi connectivity index (χ0v) is 19.1. The number of benzene rings is 1. The van der Waals surface area contributed by atoms with Crippen LogP contribution in [0.3, 0.4) is 0 Å². The van der Waals surface area contributed by atoms with Gasteiger partial charge in [-0.2, -0.15) is 0 Å². The summed E-state index contributed by atoms with van der Waals surface area (Å²) in [5.41, 5.74) is 8.61. The van der Waals surface area contributed by atoms with Gasteiger partial charge in [-0.3, -0.25) is 14.0 Å². The van der Waals surface area contributed by atoms with Gasteiger partial charge >= 0.3 is 5.69 Å². The second-order valence-corrected chi connectivity index (χ2v) is 8.24. The number of aromatic nitrogens is 5. The van der Waals surface area contributed by atoms with Gasteiger partial charge in [0.1, 0.15) is 17.6 Å². The second-order valence-electron chi connectivity index (χ2n) is 8.24. The lowest BCUT2D eigenvalue weighted by Crippen LogP contribution is -2.29.